The number of rotatable bonds is 10. The highest BCUT2D eigenvalue weighted by atomic mass is 19.3. The van der Waals surface area contributed by atoms with Gasteiger partial charge in [-0.05, 0) is 29.7 Å². The molecule has 30 heavy (non-hydrogen) atoms. The SMILES string of the molecule is COc1cc(C(=O)NCC(=O)NCC(c2ccccc2)C(C)C)ccc1OC(F)F. The lowest BCUT2D eigenvalue weighted by Crippen LogP contribution is -2.39. The van der Waals surface area contributed by atoms with E-state index >= 15 is 0 Å². The van der Waals surface area contributed by atoms with E-state index in [2.05, 4.69) is 29.2 Å². The van der Waals surface area contributed by atoms with E-state index in [4.69, 9.17) is 4.74 Å². The Bertz CT molecular complexity index is 844. The van der Waals surface area contributed by atoms with E-state index in [-0.39, 0.29) is 35.4 Å². The van der Waals surface area contributed by atoms with E-state index in [1.165, 1.54) is 25.3 Å². The summed E-state index contributed by atoms with van der Waals surface area (Å²) in [6, 6.07) is 13.7. The first-order chi connectivity index (χ1) is 14.3. The van der Waals surface area contributed by atoms with E-state index in [9.17, 15) is 18.4 Å². The van der Waals surface area contributed by atoms with E-state index in [1.807, 2.05) is 30.3 Å². The average Bonchev–Trinajstić information content (AvgIpc) is 2.72. The zero-order valence-corrected chi connectivity index (χ0v) is 17.2. The molecule has 6 nitrogen and oxygen atoms in total. The molecule has 2 N–H and O–H groups in total. The van der Waals surface area contributed by atoms with E-state index in [0.29, 0.717) is 12.5 Å². The predicted octanol–water partition coefficient (Wildman–Crippen LogP) is 3.58. The Morgan fingerprint density at radius 1 is 1.00 bits per heavy atom. The molecule has 0 spiro atoms. The molecule has 2 rings (SSSR count). The first-order valence-corrected chi connectivity index (χ1v) is 9.54. The van der Waals surface area contributed by atoms with Crippen LogP contribution in [0.15, 0.2) is 48.5 Å². The van der Waals surface area contributed by atoms with Gasteiger partial charge in [0.1, 0.15) is 0 Å². The Labute approximate surface area is 174 Å². The molecule has 2 amide bonds. The zero-order valence-electron chi connectivity index (χ0n) is 17.2. The first-order valence-electron chi connectivity index (χ1n) is 9.54. The van der Waals surface area contributed by atoms with Gasteiger partial charge in [-0.1, -0.05) is 44.2 Å². The van der Waals surface area contributed by atoms with Gasteiger partial charge < -0.3 is 20.1 Å². The minimum Gasteiger partial charge on any atom is -0.493 e. The number of alkyl halides is 2. The van der Waals surface area contributed by atoms with Gasteiger partial charge >= 0.3 is 6.61 Å². The summed E-state index contributed by atoms with van der Waals surface area (Å²) in [6.07, 6.45) is 0. The lowest BCUT2D eigenvalue weighted by atomic mass is 9.88. The zero-order chi connectivity index (χ0) is 22.1. The maximum atomic E-state index is 12.4. The fourth-order valence-corrected chi connectivity index (χ4v) is 2.99. The van der Waals surface area contributed by atoms with Crippen LogP contribution in [0.2, 0.25) is 0 Å². The van der Waals surface area contributed by atoms with Crippen LogP contribution >= 0.6 is 0 Å². The highest BCUT2D eigenvalue weighted by Gasteiger charge is 2.18. The number of carbonyl (C=O) groups is 2. The third-order valence-electron chi connectivity index (χ3n) is 4.60. The van der Waals surface area contributed by atoms with E-state index < -0.39 is 12.5 Å². The Kier molecular flexibility index (Phi) is 8.58. The van der Waals surface area contributed by atoms with Gasteiger partial charge in [0.05, 0.1) is 13.7 Å². The normalized spacial score (nSPS) is 11.8. The molecule has 0 radical (unpaired) electrons. The second kappa shape index (κ2) is 11.1. The molecular formula is C22H26F2N2O4. The van der Waals surface area contributed by atoms with Gasteiger partial charge in [0, 0.05) is 18.0 Å². The standard InChI is InChI=1S/C22H26F2N2O4/c1-14(2)17(15-7-5-4-6-8-15)12-25-20(27)13-26-21(28)16-9-10-18(30-22(23)24)19(11-16)29-3/h4-11,14,17,22H,12-13H2,1-3H3,(H,25,27)(H,26,28). The number of hydrogen-bond acceptors (Lipinski definition) is 4. The fourth-order valence-electron chi connectivity index (χ4n) is 2.99. The third-order valence-corrected chi connectivity index (χ3v) is 4.60. The number of nitrogens with one attached hydrogen (secondary N) is 2. The summed E-state index contributed by atoms with van der Waals surface area (Å²) >= 11 is 0. The van der Waals surface area contributed by atoms with Crippen molar-refractivity contribution in [2.45, 2.75) is 26.4 Å². The number of halogens is 2. The topological polar surface area (TPSA) is 76.7 Å². The summed E-state index contributed by atoms with van der Waals surface area (Å²) in [5, 5.41) is 5.35. The Balaban J connectivity index is 1.90. The molecular weight excluding hydrogens is 394 g/mol. The monoisotopic (exact) mass is 420 g/mol. The van der Waals surface area contributed by atoms with Gasteiger partial charge in [0.25, 0.3) is 5.91 Å². The van der Waals surface area contributed by atoms with Crippen molar-refractivity contribution in [3.05, 3.63) is 59.7 Å². The van der Waals surface area contributed by atoms with E-state index in [1.54, 1.807) is 0 Å². The van der Waals surface area contributed by atoms with Crippen molar-refractivity contribution >= 4 is 11.8 Å². The molecule has 8 heteroatoms. The average molecular weight is 420 g/mol. The van der Waals surface area contributed by atoms with Gasteiger partial charge in [0.15, 0.2) is 11.5 Å². The molecule has 0 heterocycles. The second-order valence-electron chi connectivity index (χ2n) is 6.99. The van der Waals surface area contributed by atoms with Crippen LogP contribution in [0.4, 0.5) is 8.78 Å². The van der Waals surface area contributed by atoms with Crippen molar-refractivity contribution in [2.75, 3.05) is 20.2 Å². The van der Waals surface area contributed by atoms with Gasteiger partial charge in [-0.25, -0.2) is 0 Å². The van der Waals surface area contributed by atoms with Crippen LogP contribution in [0.25, 0.3) is 0 Å². The predicted molar refractivity (Wildman–Crippen MR) is 109 cm³/mol. The van der Waals surface area contributed by atoms with Crippen LogP contribution in [-0.2, 0) is 4.79 Å². The van der Waals surface area contributed by atoms with Crippen LogP contribution in [0.1, 0.15) is 35.7 Å². The van der Waals surface area contributed by atoms with Gasteiger partial charge in [-0.3, -0.25) is 9.59 Å². The molecule has 0 aliphatic carbocycles. The first kappa shape index (κ1) is 23.1. The third kappa shape index (κ3) is 6.72. The maximum Gasteiger partial charge on any atom is 0.387 e. The fraction of sp³-hybridized carbons (Fsp3) is 0.364. The van der Waals surface area contributed by atoms with Crippen LogP contribution < -0.4 is 20.1 Å². The number of carbonyl (C=O) groups excluding carboxylic acids is 2. The largest absolute Gasteiger partial charge is 0.493 e. The van der Waals surface area contributed by atoms with Gasteiger partial charge in [-0.15, -0.1) is 0 Å². The van der Waals surface area contributed by atoms with E-state index in [0.717, 1.165) is 5.56 Å². The molecule has 1 atom stereocenters. The minimum atomic E-state index is -3.01. The van der Waals surface area contributed by atoms with Crippen molar-refractivity contribution in [1.82, 2.24) is 10.6 Å². The second-order valence-corrected chi connectivity index (χ2v) is 6.99. The summed E-state index contributed by atoms with van der Waals surface area (Å²) in [7, 11) is 1.28. The summed E-state index contributed by atoms with van der Waals surface area (Å²) < 4.78 is 34.1. The van der Waals surface area contributed by atoms with Crippen LogP contribution in [0.3, 0.4) is 0 Å². The van der Waals surface area contributed by atoms with Gasteiger partial charge in [-0.2, -0.15) is 8.78 Å². The highest BCUT2D eigenvalue weighted by Crippen LogP contribution is 2.29. The van der Waals surface area contributed by atoms with Gasteiger partial charge in [0.2, 0.25) is 5.91 Å². The van der Waals surface area contributed by atoms with Crippen molar-refractivity contribution < 1.29 is 27.8 Å². The van der Waals surface area contributed by atoms with Crippen LogP contribution in [0.5, 0.6) is 11.5 Å². The molecule has 0 bridgehead atoms. The molecule has 162 valence electrons. The lowest BCUT2D eigenvalue weighted by molar-refractivity contribution is -0.120. The lowest BCUT2D eigenvalue weighted by Gasteiger charge is -2.22. The number of amides is 2. The quantitative estimate of drug-likeness (QED) is 0.616. The highest BCUT2D eigenvalue weighted by molar-refractivity contribution is 5.97. The van der Waals surface area contributed by atoms with Crippen molar-refractivity contribution in [3.63, 3.8) is 0 Å². The molecule has 0 aliphatic rings. The number of ether oxygens (including phenoxy) is 2. The number of benzene rings is 2. The smallest absolute Gasteiger partial charge is 0.387 e. The summed E-state index contributed by atoms with van der Waals surface area (Å²) in [5.74, 6) is -0.566. The molecule has 0 saturated carbocycles. The molecule has 0 aromatic heterocycles. The Morgan fingerprint density at radius 2 is 1.70 bits per heavy atom. The summed E-state index contributed by atoms with van der Waals surface area (Å²) in [6.45, 7) is 1.40. The number of methoxy groups -OCH3 is 1. The van der Waals surface area contributed by atoms with Crippen molar-refractivity contribution in [3.8, 4) is 11.5 Å². The summed E-state index contributed by atoms with van der Waals surface area (Å²) in [4.78, 5) is 24.5. The Hall–Kier alpha value is -3.16. The molecule has 2 aromatic carbocycles. The van der Waals surface area contributed by atoms with Crippen molar-refractivity contribution in [2.24, 2.45) is 5.92 Å². The Morgan fingerprint density at radius 3 is 2.30 bits per heavy atom. The molecule has 0 saturated heterocycles. The number of hydrogen-bond donors (Lipinski definition) is 2. The molecule has 2 aromatic rings. The minimum absolute atomic E-state index is 0.00459. The summed E-state index contributed by atoms with van der Waals surface area (Å²) in [5.41, 5.74) is 1.29. The van der Waals surface area contributed by atoms with Crippen molar-refractivity contribution in [1.29, 1.82) is 0 Å². The molecule has 0 aliphatic heterocycles. The molecule has 0 fully saturated rings. The maximum absolute atomic E-state index is 12.4. The van der Waals surface area contributed by atoms with Crippen LogP contribution in [-0.4, -0.2) is 38.6 Å². The molecule has 1 unspecified atom stereocenters. The van der Waals surface area contributed by atoms with Crippen LogP contribution in [0, 0.1) is 5.92 Å².